The monoisotopic (exact) mass is 406 g/mol. The predicted octanol–water partition coefficient (Wildman–Crippen LogP) is 4.48. The van der Waals surface area contributed by atoms with Crippen molar-refractivity contribution < 1.29 is 14.1 Å². The van der Waals surface area contributed by atoms with Crippen LogP contribution in [-0.2, 0) is 4.79 Å². The lowest BCUT2D eigenvalue weighted by molar-refractivity contribution is -0.384. The fourth-order valence-corrected chi connectivity index (χ4v) is 3.69. The topological polar surface area (TPSA) is 102 Å². The lowest BCUT2D eigenvalue weighted by Gasteiger charge is -2.06. The zero-order valence-corrected chi connectivity index (χ0v) is 16.0. The number of thioether (sulfide) groups is 1. The Balaban J connectivity index is 1.62. The highest BCUT2D eigenvalue weighted by Gasteiger charge is 2.30. The first-order valence-electron chi connectivity index (χ1n) is 8.53. The molecule has 144 valence electrons. The second-order valence-electron chi connectivity index (χ2n) is 6.06. The van der Waals surface area contributed by atoms with Gasteiger partial charge in [0.05, 0.1) is 27.3 Å². The molecule has 1 fully saturated rings. The normalized spacial score (nSPS) is 16.7. The molecule has 1 saturated heterocycles. The van der Waals surface area contributed by atoms with Gasteiger partial charge in [-0.1, -0.05) is 12.1 Å². The quantitative estimate of drug-likeness (QED) is 0.359. The molecule has 29 heavy (non-hydrogen) atoms. The summed E-state index contributed by atoms with van der Waals surface area (Å²) in [5, 5.41) is 11.8. The Morgan fingerprint density at radius 2 is 2.03 bits per heavy atom. The van der Waals surface area contributed by atoms with Crippen molar-refractivity contribution in [3.8, 4) is 11.3 Å². The molecule has 1 aliphatic heterocycles. The second-order valence-corrected chi connectivity index (χ2v) is 7.07. The molecule has 1 aliphatic rings. The van der Waals surface area contributed by atoms with Crippen LogP contribution in [0.2, 0.25) is 0 Å². The molecule has 9 heteroatoms. The number of carbonyl (C=O) groups is 1. The van der Waals surface area contributed by atoms with Gasteiger partial charge in [0.25, 0.3) is 11.6 Å². The maximum atomic E-state index is 12.5. The number of carbonyl (C=O) groups excluding carboxylic acids is 1. The zero-order valence-electron chi connectivity index (χ0n) is 15.2. The van der Waals surface area contributed by atoms with Crippen LogP contribution >= 0.6 is 11.8 Å². The Hall–Kier alpha value is -3.72. The molecule has 0 saturated carbocycles. The number of benzene rings is 1. The number of aliphatic imine (C=N–C) groups is 1. The van der Waals surface area contributed by atoms with Crippen LogP contribution in [0.1, 0.15) is 5.76 Å². The molecule has 1 amide bonds. The lowest BCUT2D eigenvalue weighted by Crippen LogP contribution is -2.23. The van der Waals surface area contributed by atoms with Gasteiger partial charge in [0.2, 0.25) is 0 Å². The number of rotatable bonds is 4. The number of amidine groups is 1. The van der Waals surface area contributed by atoms with Crippen LogP contribution in [0.4, 0.5) is 11.4 Å². The van der Waals surface area contributed by atoms with Gasteiger partial charge in [0, 0.05) is 25.4 Å². The summed E-state index contributed by atoms with van der Waals surface area (Å²) >= 11 is 1.22. The number of furan rings is 1. The van der Waals surface area contributed by atoms with Crippen molar-refractivity contribution in [3.63, 3.8) is 0 Å². The number of pyridine rings is 1. The summed E-state index contributed by atoms with van der Waals surface area (Å²) in [5.41, 5.74) is 0.981. The Bertz CT molecular complexity index is 1150. The molecule has 0 atom stereocenters. The van der Waals surface area contributed by atoms with Gasteiger partial charge in [-0.2, -0.15) is 0 Å². The average molecular weight is 406 g/mol. The molecular weight excluding hydrogens is 392 g/mol. The second kappa shape index (κ2) is 7.72. The first kappa shape index (κ1) is 18.6. The van der Waals surface area contributed by atoms with Crippen LogP contribution in [-0.4, -0.2) is 32.9 Å². The van der Waals surface area contributed by atoms with E-state index in [0.717, 1.165) is 0 Å². The number of hydrogen-bond donors (Lipinski definition) is 0. The molecule has 8 nitrogen and oxygen atoms in total. The van der Waals surface area contributed by atoms with E-state index in [4.69, 9.17) is 4.42 Å². The summed E-state index contributed by atoms with van der Waals surface area (Å²) in [7, 11) is 1.65. The summed E-state index contributed by atoms with van der Waals surface area (Å²) in [6.07, 6.45) is 4.87. The number of nitro groups is 1. The van der Waals surface area contributed by atoms with Crippen LogP contribution in [0.5, 0.6) is 0 Å². The molecule has 0 radical (unpaired) electrons. The van der Waals surface area contributed by atoms with Gasteiger partial charge in [0.15, 0.2) is 5.17 Å². The lowest BCUT2D eigenvalue weighted by atomic mass is 10.1. The number of hydrogen-bond acceptors (Lipinski definition) is 7. The van der Waals surface area contributed by atoms with E-state index in [1.807, 2.05) is 0 Å². The number of nitro benzene ring substituents is 1. The number of likely N-dealkylation sites (N-methyl/N-ethyl adjacent to an activating group) is 1. The van der Waals surface area contributed by atoms with Gasteiger partial charge in [-0.15, -0.1) is 0 Å². The van der Waals surface area contributed by atoms with Crippen LogP contribution in [0.25, 0.3) is 17.4 Å². The van der Waals surface area contributed by atoms with Crippen molar-refractivity contribution in [3.05, 3.63) is 81.7 Å². The van der Waals surface area contributed by atoms with E-state index < -0.39 is 4.92 Å². The minimum Gasteiger partial charge on any atom is -0.456 e. The maximum absolute atomic E-state index is 12.5. The maximum Gasteiger partial charge on any atom is 0.280 e. The van der Waals surface area contributed by atoms with E-state index in [9.17, 15) is 14.9 Å². The Morgan fingerprint density at radius 1 is 1.21 bits per heavy atom. The Labute approximate surface area is 169 Å². The first-order chi connectivity index (χ1) is 14.0. The van der Waals surface area contributed by atoms with E-state index in [1.54, 1.807) is 68.0 Å². The fraction of sp³-hybridized carbons (Fsp3) is 0.0500. The van der Waals surface area contributed by atoms with E-state index >= 15 is 0 Å². The molecule has 3 heterocycles. The number of aromatic nitrogens is 1. The number of nitrogens with zero attached hydrogens (tertiary/aromatic N) is 4. The van der Waals surface area contributed by atoms with Crippen molar-refractivity contribution in [2.75, 3.05) is 7.05 Å². The molecule has 0 bridgehead atoms. The van der Waals surface area contributed by atoms with Crippen LogP contribution in [0, 0.1) is 10.1 Å². The molecule has 0 spiro atoms. The minimum atomic E-state index is -0.456. The predicted molar refractivity (Wildman–Crippen MR) is 110 cm³/mol. The zero-order chi connectivity index (χ0) is 20.4. The molecular formula is C20H14N4O4S. The SMILES string of the molecule is CN1C(=O)/C(=C\c2ccc(-c3ccccc3[N+](=O)[O-])o2)SC1=Nc1cccnc1. The molecule has 1 aromatic carbocycles. The van der Waals surface area contributed by atoms with Crippen molar-refractivity contribution in [1.29, 1.82) is 0 Å². The summed E-state index contributed by atoms with van der Waals surface area (Å²) in [6.45, 7) is 0. The van der Waals surface area contributed by atoms with Gasteiger partial charge >= 0.3 is 0 Å². The van der Waals surface area contributed by atoms with Crippen LogP contribution < -0.4 is 0 Å². The van der Waals surface area contributed by atoms with E-state index in [0.29, 0.717) is 32.8 Å². The summed E-state index contributed by atoms with van der Waals surface area (Å²) < 4.78 is 5.74. The van der Waals surface area contributed by atoms with E-state index in [-0.39, 0.29) is 11.6 Å². The van der Waals surface area contributed by atoms with Crippen molar-refractivity contribution in [2.24, 2.45) is 4.99 Å². The number of para-hydroxylation sites is 1. The average Bonchev–Trinajstić information content (AvgIpc) is 3.30. The van der Waals surface area contributed by atoms with Gasteiger partial charge in [0.1, 0.15) is 11.5 Å². The van der Waals surface area contributed by atoms with Crippen molar-refractivity contribution in [1.82, 2.24) is 9.88 Å². The summed E-state index contributed by atoms with van der Waals surface area (Å²) in [6, 6.07) is 13.2. The summed E-state index contributed by atoms with van der Waals surface area (Å²) in [4.78, 5) is 33.7. The first-order valence-corrected chi connectivity index (χ1v) is 9.34. The van der Waals surface area contributed by atoms with Gasteiger partial charge in [-0.05, 0) is 42.1 Å². The third-order valence-electron chi connectivity index (χ3n) is 4.14. The third-order valence-corrected chi connectivity index (χ3v) is 5.20. The largest absolute Gasteiger partial charge is 0.456 e. The Morgan fingerprint density at radius 3 is 2.79 bits per heavy atom. The summed E-state index contributed by atoms with van der Waals surface area (Å²) in [5.74, 6) is 0.573. The van der Waals surface area contributed by atoms with Gasteiger partial charge in [-0.3, -0.25) is 24.8 Å². The van der Waals surface area contributed by atoms with Gasteiger partial charge in [-0.25, -0.2) is 4.99 Å². The minimum absolute atomic E-state index is 0.0435. The molecule has 0 N–H and O–H groups in total. The smallest absolute Gasteiger partial charge is 0.280 e. The van der Waals surface area contributed by atoms with Crippen LogP contribution in [0.3, 0.4) is 0 Å². The standard InChI is InChI=1S/C20H14N4O4S/c1-23-19(25)18(29-20(23)22-13-5-4-10-21-12-13)11-14-8-9-17(28-14)15-6-2-3-7-16(15)24(26)27/h2-12H,1H3/b18-11+,22-20?. The fourth-order valence-electron chi connectivity index (χ4n) is 2.73. The van der Waals surface area contributed by atoms with Gasteiger partial charge < -0.3 is 4.42 Å². The molecule has 0 unspecified atom stereocenters. The molecule has 4 rings (SSSR count). The van der Waals surface area contributed by atoms with Crippen molar-refractivity contribution >= 4 is 40.3 Å². The van der Waals surface area contributed by atoms with E-state index in [1.165, 1.54) is 22.7 Å². The molecule has 0 aliphatic carbocycles. The molecule has 3 aromatic rings. The number of amides is 1. The third kappa shape index (κ3) is 3.81. The van der Waals surface area contributed by atoms with E-state index in [2.05, 4.69) is 9.98 Å². The highest BCUT2D eigenvalue weighted by atomic mass is 32.2. The highest BCUT2D eigenvalue weighted by molar-refractivity contribution is 8.18. The Kier molecular flexibility index (Phi) is 4.96. The van der Waals surface area contributed by atoms with Crippen LogP contribution in [0.15, 0.2) is 75.2 Å². The molecule has 2 aromatic heterocycles. The van der Waals surface area contributed by atoms with Crippen molar-refractivity contribution in [2.45, 2.75) is 0 Å². The highest BCUT2D eigenvalue weighted by Crippen LogP contribution is 2.35.